The number of aromatic nitrogens is 3. The smallest absolute Gasteiger partial charge is 0.405 e. The molecule has 1 saturated carbocycles. The number of carbonyl (C=O) groups excluding carboxylic acids is 3. The van der Waals surface area contributed by atoms with Crippen LogP contribution in [0.15, 0.2) is 6.20 Å². The van der Waals surface area contributed by atoms with E-state index in [4.69, 9.17) is 5.73 Å². The van der Waals surface area contributed by atoms with Crippen molar-refractivity contribution in [3.63, 3.8) is 0 Å². The summed E-state index contributed by atoms with van der Waals surface area (Å²) in [5.41, 5.74) is 2.80. The highest BCUT2D eigenvalue weighted by atomic mass is 32.3. The van der Waals surface area contributed by atoms with Gasteiger partial charge in [-0.3, -0.25) is 23.5 Å². The molecule has 3 fully saturated rings. The molecule has 1 unspecified atom stereocenters. The van der Waals surface area contributed by atoms with Gasteiger partial charge >= 0.3 is 6.09 Å². The molecule has 0 radical (unpaired) electrons. The summed E-state index contributed by atoms with van der Waals surface area (Å²) in [6, 6.07) is -2.94. The van der Waals surface area contributed by atoms with E-state index in [1.165, 1.54) is 15.8 Å². The number of nitrogens with two attached hydrogens (primary N) is 1. The Bertz CT molecular complexity index is 1220. The van der Waals surface area contributed by atoms with Crippen LogP contribution in [0.3, 0.4) is 0 Å². The summed E-state index contributed by atoms with van der Waals surface area (Å²) in [6.07, 6.45) is 2.91. The highest BCUT2D eigenvalue weighted by Crippen LogP contribution is 2.48. The van der Waals surface area contributed by atoms with Gasteiger partial charge in [0.1, 0.15) is 17.7 Å². The molecule has 4 amide bonds. The Kier molecular flexibility index (Phi) is 10.1. The molecule has 0 bridgehead atoms. The van der Waals surface area contributed by atoms with Gasteiger partial charge in [0.25, 0.3) is 0 Å². The number of hydrogen-bond acceptors (Lipinski definition) is 10. The van der Waals surface area contributed by atoms with Crippen molar-refractivity contribution in [2.75, 3.05) is 18.1 Å². The molecule has 44 heavy (non-hydrogen) atoms. The minimum atomic E-state index is -2.97. The molecule has 2 aliphatic heterocycles. The maximum Gasteiger partial charge on any atom is 0.405 e. The first-order chi connectivity index (χ1) is 20.5. The van der Waals surface area contributed by atoms with Crippen molar-refractivity contribution in [3.8, 4) is 0 Å². The second-order valence-electron chi connectivity index (χ2n) is 12.9. The maximum atomic E-state index is 14.1. The number of nitrogens with zero attached hydrogens (tertiary/aromatic N) is 4. The third-order valence-electron chi connectivity index (χ3n) is 9.22. The molecule has 0 aromatic carbocycles. The molecule has 1 aromatic heterocycles. The maximum absolute atomic E-state index is 14.1. The van der Waals surface area contributed by atoms with Gasteiger partial charge in [-0.25, -0.2) is 9.48 Å². The van der Waals surface area contributed by atoms with Gasteiger partial charge in [0.05, 0.1) is 23.5 Å². The monoisotopic (exact) mass is 643 g/mol. The van der Waals surface area contributed by atoms with E-state index in [0.717, 1.165) is 32.1 Å². The van der Waals surface area contributed by atoms with E-state index in [1.54, 1.807) is 13.8 Å². The van der Waals surface area contributed by atoms with Crippen molar-refractivity contribution < 1.29 is 43.6 Å². The molecule has 9 N–H and O–H groups in total. The van der Waals surface area contributed by atoms with Crippen LogP contribution in [0.2, 0.25) is 0 Å². The van der Waals surface area contributed by atoms with E-state index in [2.05, 4.69) is 20.9 Å². The lowest BCUT2D eigenvalue weighted by Crippen LogP contribution is -2.65. The van der Waals surface area contributed by atoms with Gasteiger partial charge in [-0.05, 0) is 39.0 Å². The second kappa shape index (κ2) is 13.2. The van der Waals surface area contributed by atoms with Crippen LogP contribution in [0.1, 0.15) is 83.4 Å². The highest BCUT2D eigenvalue weighted by molar-refractivity contribution is 8.24. The summed E-state index contributed by atoms with van der Waals surface area (Å²) in [5.74, 6) is -2.65. The number of amides is 4. The number of hydrogen-bond donors (Lipinski definition) is 8. The Labute approximate surface area is 257 Å². The van der Waals surface area contributed by atoms with Crippen molar-refractivity contribution in [1.82, 2.24) is 30.5 Å². The van der Waals surface area contributed by atoms with Crippen LogP contribution >= 0.6 is 10.6 Å². The van der Waals surface area contributed by atoms with E-state index >= 15 is 0 Å². The summed E-state index contributed by atoms with van der Waals surface area (Å²) in [4.78, 5) is 53.3. The number of primary amides is 1. The first-order valence-electron chi connectivity index (χ1n) is 15.0. The van der Waals surface area contributed by atoms with Crippen molar-refractivity contribution in [3.05, 3.63) is 11.9 Å². The van der Waals surface area contributed by atoms with E-state index < -0.39 is 69.8 Å². The summed E-state index contributed by atoms with van der Waals surface area (Å²) >= 11 is 0. The molecule has 0 spiro atoms. The lowest BCUT2D eigenvalue weighted by molar-refractivity contribution is -0.143. The number of likely N-dealkylation sites (tertiary alicyclic amines) is 1. The zero-order valence-corrected chi connectivity index (χ0v) is 25.9. The van der Waals surface area contributed by atoms with Gasteiger partial charge in [-0.1, -0.05) is 37.3 Å². The number of aliphatic hydroxyl groups excluding tert-OH is 1. The third kappa shape index (κ3) is 7.62. The Morgan fingerprint density at radius 2 is 1.80 bits per heavy atom. The van der Waals surface area contributed by atoms with Crippen LogP contribution < -0.4 is 16.4 Å². The van der Waals surface area contributed by atoms with Crippen LogP contribution in [0.5, 0.6) is 0 Å². The molecular weight excluding hydrogens is 598 g/mol. The highest BCUT2D eigenvalue weighted by Gasteiger charge is 2.50. The second-order valence-corrected chi connectivity index (χ2v) is 15.3. The number of rotatable bonds is 10. The van der Waals surface area contributed by atoms with Crippen LogP contribution in [-0.2, 0) is 20.0 Å². The topological polar surface area (TPSA) is 253 Å². The number of carboxylic acid groups (broad SMARTS) is 1. The molecular formula is C27H45N7O9S. The molecule has 4 atom stereocenters. The van der Waals surface area contributed by atoms with Gasteiger partial charge in [0, 0.05) is 24.5 Å². The number of aliphatic hydroxyl groups is 2. The zero-order valence-electron chi connectivity index (χ0n) is 25.1. The number of carbonyl (C=O) groups is 4. The third-order valence-corrected chi connectivity index (χ3v) is 10.9. The lowest BCUT2D eigenvalue weighted by atomic mass is 9.84. The standard InChI is InChI=1S/C27H45N7O9S/c1-26(2,41)20-14-29-32-34(20)17-13-19(23(37)31-27(21(35)22(28)36)8-10-44(42,43)11-9-27)33(15-17)24(38)18(30-25(39)40)12-16-6-4-3-5-7-16/h14,16-19,21,30,35,41-43H,3-13,15H2,1-2H3,(H2,28,36)(H,31,37)(H,39,40)/t17-,18+,19-,21?/m0/s1. The Morgan fingerprint density at radius 1 is 1.16 bits per heavy atom. The zero-order chi connectivity index (χ0) is 32.4. The van der Waals surface area contributed by atoms with E-state index in [-0.39, 0.29) is 49.7 Å². The predicted molar refractivity (Wildman–Crippen MR) is 158 cm³/mol. The molecule has 2 saturated heterocycles. The first-order valence-corrected chi connectivity index (χ1v) is 16.9. The molecule has 3 heterocycles. The normalized spacial score (nSPS) is 25.9. The SMILES string of the molecule is CC(C)(O)c1cnnn1[C@H]1C[C@@H](C(=O)NC2(C(O)C(N)=O)CCS(O)(O)CC2)N(C(=O)[C@@H](CC2CCCCC2)NC(=O)O)C1. The minimum Gasteiger partial charge on any atom is -0.465 e. The molecule has 1 aliphatic carbocycles. The van der Waals surface area contributed by atoms with Crippen molar-refractivity contribution in [1.29, 1.82) is 0 Å². The van der Waals surface area contributed by atoms with Gasteiger partial charge in [0.15, 0.2) is 6.10 Å². The van der Waals surface area contributed by atoms with Gasteiger partial charge < -0.3 is 36.6 Å². The van der Waals surface area contributed by atoms with E-state index in [9.17, 15) is 43.6 Å². The molecule has 17 heteroatoms. The molecule has 1 aromatic rings. The van der Waals surface area contributed by atoms with Gasteiger partial charge in [0.2, 0.25) is 17.7 Å². The van der Waals surface area contributed by atoms with Crippen molar-refractivity contribution in [2.24, 2.45) is 11.7 Å². The van der Waals surface area contributed by atoms with Crippen molar-refractivity contribution >= 4 is 34.4 Å². The van der Waals surface area contributed by atoms with Crippen LogP contribution in [0.4, 0.5) is 4.79 Å². The van der Waals surface area contributed by atoms with Crippen LogP contribution in [-0.4, -0.2) is 110 Å². The van der Waals surface area contributed by atoms with Gasteiger partial charge in [-0.2, -0.15) is 10.6 Å². The molecule has 3 aliphatic rings. The lowest BCUT2D eigenvalue weighted by Gasteiger charge is -2.48. The minimum absolute atomic E-state index is 0.00513. The average molecular weight is 644 g/mol. The Balaban J connectivity index is 1.67. The fraction of sp³-hybridized carbons (Fsp3) is 0.778. The molecule has 16 nitrogen and oxygen atoms in total. The summed E-state index contributed by atoms with van der Waals surface area (Å²) in [5, 5.41) is 44.2. The summed E-state index contributed by atoms with van der Waals surface area (Å²) < 4.78 is 21.8. The fourth-order valence-corrected chi connectivity index (χ4v) is 8.33. The van der Waals surface area contributed by atoms with Gasteiger partial charge in [-0.15, -0.1) is 5.10 Å². The van der Waals surface area contributed by atoms with E-state index in [0.29, 0.717) is 5.69 Å². The Morgan fingerprint density at radius 3 is 2.36 bits per heavy atom. The average Bonchev–Trinajstić information content (AvgIpc) is 3.61. The first kappa shape index (κ1) is 33.9. The fourth-order valence-electron chi connectivity index (χ4n) is 6.75. The molecule has 248 valence electrons. The van der Waals surface area contributed by atoms with Crippen molar-refractivity contribution in [2.45, 2.75) is 107 Å². The predicted octanol–water partition coefficient (Wildman–Crippen LogP) is 0.500. The quantitative estimate of drug-likeness (QED) is 0.174. The largest absolute Gasteiger partial charge is 0.465 e. The van der Waals surface area contributed by atoms with Crippen LogP contribution in [0.25, 0.3) is 0 Å². The summed E-state index contributed by atoms with van der Waals surface area (Å²) in [7, 11) is -2.97. The number of nitrogens with one attached hydrogen (secondary N) is 2. The Hall–Kier alpha value is -2.99. The van der Waals surface area contributed by atoms with E-state index in [1.807, 2.05) is 0 Å². The summed E-state index contributed by atoms with van der Waals surface area (Å²) in [6.45, 7) is 3.03. The van der Waals surface area contributed by atoms with Crippen LogP contribution in [0, 0.1) is 5.92 Å². The molecule has 4 rings (SSSR count).